The maximum Gasteiger partial charge on any atom is 0.326 e. The van der Waals surface area contributed by atoms with E-state index in [1.807, 2.05) is 0 Å². The van der Waals surface area contributed by atoms with E-state index in [0.717, 1.165) is 4.90 Å². The molecule has 21 heavy (non-hydrogen) atoms. The number of amides is 2. The fourth-order valence-electron chi connectivity index (χ4n) is 1.40. The number of nitrogens with zero attached hydrogens (tertiary/aromatic N) is 1. The van der Waals surface area contributed by atoms with Gasteiger partial charge in [0.1, 0.15) is 6.04 Å². The Morgan fingerprint density at radius 3 is 2.43 bits per heavy atom. The number of aliphatic carboxylic acids is 1. The zero-order valence-corrected chi connectivity index (χ0v) is 12.9. The Hall–Kier alpha value is -1.79. The molecule has 6 nitrogen and oxygen atoms in total. The molecular weight excluding hydrogens is 319 g/mol. The summed E-state index contributed by atoms with van der Waals surface area (Å²) in [6.07, 6.45) is 0. The largest absolute Gasteiger partial charge is 0.480 e. The Kier molecular flexibility index (Phi) is 5.99. The van der Waals surface area contributed by atoms with Gasteiger partial charge in [0.15, 0.2) is 0 Å². The molecule has 0 aliphatic heterocycles. The van der Waals surface area contributed by atoms with Gasteiger partial charge in [-0.25, -0.2) is 4.79 Å². The second-order valence-corrected chi connectivity index (χ2v) is 5.14. The van der Waals surface area contributed by atoms with Crippen LogP contribution in [0.3, 0.4) is 0 Å². The minimum absolute atomic E-state index is 0.229. The van der Waals surface area contributed by atoms with E-state index in [9.17, 15) is 14.4 Å². The second kappa shape index (κ2) is 7.28. The molecule has 2 N–H and O–H groups in total. The summed E-state index contributed by atoms with van der Waals surface area (Å²) in [6.45, 7) is 1.06. The van der Waals surface area contributed by atoms with Crippen LogP contribution in [0.4, 0.5) is 0 Å². The molecule has 0 radical (unpaired) electrons. The third kappa shape index (κ3) is 4.61. The van der Waals surface area contributed by atoms with Gasteiger partial charge in [-0.3, -0.25) is 9.59 Å². The summed E-state index contributed by atoms with van der Waals surface area (Å²) in [4.78, 5) is 35.4. The minimum atomic E-state index is -1.12. The molecule has 1 atom stereocenters. The van der Waals surface area contributed by atoms with Gasteiger partial charge in [0.2, 0.25) is 5.91 Å². The third-order valence-corrected chi connectivity index (χ3v) is 3.65. The molecule has 8 heteroatoms. The predicted octanol–water partition coefficient (Wildman–Crippen LogP) is 1.65. The van der Waals surface area contributed by atoms with Crippen molar-refractivity contribution in [3.8, 4) is 0 Å². The van der Waals surface area contributed by atoms with E-state index in [1.54, 1.807) is 0 Å². The molecular formula is C13H14Cl2N2O4. The Morgan fingerprint density at radius 2 is 1.90 bits per heavy atom. The van der Waals surface area contributed by atoms with Crippen LogP contribution >= 0.6 is 23.2 Å². The van der Waals surface area contributed by atoms with Crippen LogP contribution < -0.4 is 5.32 Å². The molecule has 0 spiro atoms. The maximum atomic E-state index is 11.8. The molecule has 1 rings (SSSR count). The molecule has 1 aromatic carbocycles. The van der Waals surface area contributed by atoms with Crippen LogP contribution in [0.1, 0.15) is 17.3 Å². The Balaban J connectivity index is 2.62. The first-order valence-electron chi connectivity index (χ1n) is 5.95. The summed E-state index contributed by atoms with van der Waals surface area (Å²) in [5.41, 5.74) is 0.256. The topological polar surface area (TPSA) is 86.7 Å². The van der Waals surface area contributed by atoms with E-state index >= 15 is 0 Å². The quantitative estimate of drug-likeness (QED) is 0.858. The van der Waals surface area contributed by atoms with Crippen LogP contribution in [-0.4, -0.2) is 47.4 Å². The van der Waals surface area contributed by atoms with E-state index in [0.29, 0.717) is 5.02 Å². The maximum absolute atomic E-state index is 11.8. The minimum Gasteiger partial charge on any atom is -0.480 e. The second-order valence-electron chi connectivity index (χ2n) is 4.33. The van der Waals surface area contributed by atoms with Gasteiger partial charge in [0.25, 0.3) is 5.91 Å². The van der Waals surface area contributed by atoms with Crippen molar-refractivity contribution in [1.82, 2.24) is 10.2 Å². The molecule has 0 heterocycles. The van der Waals surface area contributed by atoms with Gasteiger partial charge in [-0.15, -0.1) is 0 Å². The van der Waals surface area contributed by atoms with Gasteiger partial charge in [0, 0.05) is 12.6 Å². The number of carboxylic acid groups (broad SMARTS) is 1. The molecule has 0 saturated carbocycles. The molecule has 0 aliphatic rings. The molecule has 114 valence electrons. The lowest BCUT2D eigenvalue weighted by atomic mass is 10.2. The van der Waals surface area contributed by atoms with Crippen molar-refractivity contribution in [2.24, 2.45) is 0 Å². The summed E-state index contributed by atoms with van der Waals surface area (Å²) >= 11 is 11.5. The molecule has 0 saturated heterocycles. The normalized spacial score (nSPS) is 11.6. The summed E-state index contributed by atoms with van der Waals surface area (Å²) in [6, 6.07) is 3.35. The number of carbonyl (C=O) groups excluding carboxylic acids is 2. The number of hydrogen-bond donors (Lipinski definition) is 2. The lowest BCUT2D eigenvalue weighted by molar-refractivity contribution is -0.147. The van der Waals surface area contributed by atoms with Gasteiger partial charge in [-0.2, -0.15) is 0 Å². The number of likely N-dealkylation sites (N-methyl/N-ethyl adjacent to an activating group) is 1. The highest BCUT2D eigenvalue weighted by Crippen LogP contribution is 2.22. The van der Waals surface area contributed by atoms with Crippen molar-refractivity contribution < 1.29 is 19.5 Å². The SMILES string of the molecule is CC(C(=O)O)N(C)C(=O)CNC(=O)c1ccc(Cl)c(Cl)c1. The fraction of sp³-hybridized carbons (Fsp3) is 0.308. The summed E-state index contributed by atoms with van der Waals surface area (Å²) in [5, 5.41) is 11.7. The van der Waals surface area contributed by atoms with Gasteiger partial charge in [-0.05, 0) is 25.1 Å². The number of hydrogen-bond acceptors (Lipinski definition) is 3. The number of rotatable bonds is 5. The molecule has 1 unspecified atom stereocenters. The van der Waals surface area contributed by atoms with E-state index in [4.69, 9.17) is 28.3 Å². The Labute approximate surface area is 131 Å². The number of carboxylic acids is 1. The molecule has 2 amide bonds. The highest BCUT2D eigenvalue weighted by molar-refractivity contribution is 6.42. The van der Waals surface area contributed by atoms with E-state index < -0.39 is 23.8 Å². The average Bonchev–Trinajstić information content (AvgIpc) is 2.45. The molecule has 0 fully saturated rings. The van der Waals surface area contributed by atoms with Crippen LogP contribution in [0.5, 0.6) is 0 Å². The summed E-state index contributed by atoms with van der Waals surface area (Å²) < 4.78 is 0. The van der Waals surface area contributed by atoms with Gasteiger partial charge in [0.05, 0.1) is 16.6 Å². The van der Waals surface area contributed by atoms with Crippen molar-refractivity contribution in [2.75, 3.05) is 13.6 Å². The van der Waals surface area contributed by atoms with Gasteiger partial charge < -0.3 is 15.3 Å². The average molecular weight is 333 g/mol. The van der Waals surface area contributed by atoms with Crippen molar-refractivity contribution in [2.45, 2.75) is 13.0 Å². The van der Waals surface area contributed by atoms with Gasteiger partial charge >= 0.3 is 5.97 Å². The lowest BCUT2D eigenvalue weighted by Crippen LogP contribution is -2.45. The van der Waals surface area contributed by atoms with Crippen LogP contribution in [0.25, 0.3) is 0 Å². The summed E-state index contributed by atoms with van der Waals surface area (Å²) in [7, 11) is 1.35. The van der Waals surface area contributed by atoms with Crippen LogP contribution in [0, 0.1) is 0 Å². The highest BCUT2D eigenvalue weighted by Gasteiger charge is 2.21. The molecule has 0 bridgehead atoms. The molecule has 0 aliphatic carbocycles. The Bertz CT molecular complexity index is 577. The highest BCUT2D eigenvalue weighted by atomic mass is 35.5. The Morgan fingerprint density at radius 1 is 1.29 bits per heavy atom. The summed E-state index contributed by atoms with van der Waals surface area (Å²) in [5.74, 6) is -2.14. The first-order chi connectivity index (χ1) is 9.73. The van der Waals surface area contributed by atoms with Crippen molar-refractivity contribution in [1.29, 1.82) is 0 Å². The zero-order valence-electron chi connectivity index (χ0n) is 11.4. The van der Waals surface area contributed by atoms with E-state index in [2.05, 4.69) is 5.32 Å². The number of nitrogens with one attached hydrogen (secondary N) is 1. The lowest BCUT2D eigenvalue weighted by Gasteiger charge is -2.21. The van der Waals surface area contributed by atoms with Crippen LogP contribution in [-0.2, 0) is 9.59 Å². The first kappa shape index (κ1) is 17.3. The smallest absolute Gasteiger partial charge is 0.326 e. The van der Waals surface area contributed by atoms with Crippen LogP contribution in [0.2, 0.25) is 10.0 Å². The van der Waals surface area contributed by atoms with Crippen molar-refractivity contribution >= 4 is 41.0 Å². The van der Waals surface area contributed by atoms with Crippen molar-refractivity contribution in [3.05, 3.63) is 33.8 Å². The van der Waals surface area contributed by atoms with Crippen molar-refractivity contribution in [3.63, 3.8) is 0 Å². The predicted molar refractivity (Wildman–Crippen MR) is 78.7 cm³/mol. The number of benzene rings is 1. The fourth-order valence-corrected chi connectivity index (χ4v) is 1.70. The monoisotopic (exact) mass is 332 g/mol. The standard InChI is InChI=1S/C13H14Cl2N2O4/c1-7(13(20)21)17(2)11(18)6-16-12(19)8-3-4-9(14)10(15)5-8/h3-5,7H,6H2,1-2H3,(H,16,19)(H,20,21). The van der Waals surface area contributed by atoms with E-state index in [1.165, 1.54) is 32.2 Å². The molecule has 0 aromatic heterocycles. The zero-order chi connectivity index (χ0) is 16.2. The third-order valence-electron chi connectivity index (χ3n) is 2.91. The van der Waals surface area contributed by atoms with Gasteiger partial charge in [-0.1, -0.05) is 23.2 Å². The number of carbonyl (C=O) groups is 3. The van der Waals surface area contributed by atoms with E-state index in [-0.39, 0.29) is 17.1 Å². The molecule has 1 aromatic rings. The first-order valence-corrected chi connectivity index (χ1v) is 6.71. The van der Waals surface area contributed by atoms with Crippen LogP contribution in [0.15, 0.2) is 18.2 Å². The number of halogens is 2.